The number of nitrogens with two attached hydrogens (primary N) is 1. The van der Waals surface area contributed by atoms with Crippen molar-refractivity contribution in [3.63, 3.8) is 0 Å². The molecule has 2 rings (SSSR count). The number of hydrogen-bond donors (Lipinski definition) is 3. The second kappa shape index (κ2) is 4.49. The second-order valence-corrected chi connectivity index (χ2v) is 4.25. The van der Waals surface area contributed by atoms with Gasteiger partial charge in [-0.2, -0.15) is 0 Å². The van der Waals surface area contributed by atoms with Crippen molar-refractivity contribution in [3.8, 4) is 0 Å². The summed E-state index contributed by atoms with van der Waals surface area (Å²) in [5, 5.41) is 5.58. The fourth-order valence-electron chi connectivity index (χ4n) is 1.30. The summed E-state index contributed by atoms with van der Waals surface area (Å²) in [4.78, 5) is 11.8. The minimum Gasteiger partial charge on any atom is -0.389 e. The second-order valence-electron chi connectivity index (χ2n) is 3.81. The third-order valence-corrected chi connectivity index (χ3v) is 2.58. The lowest BCUT2D eigenvalue weighted by Crippen LogP contribution is -2.30. The van der Waals surface area contributed by atoms with Gasteiger partial charge in [0.05, 0.1) is 0 Å². The number of nitrogens with one attached hydrogen (secondary N) is 2. The zero-order valence-electron chi connectivity index (χ0n) is 8.69. The molecule has 1 saturated carbocycles. The Labute approximate surface area is 99.2 Å². The zero-order chi connectivity index (χ0) is 11.5. The molecule has 0 heterocycles. The highest BCUT2D eigenvalue weighted by Crippen LogP contribution is 2.18. The molecule has 2 amide bonds. The SMILES string of the molecule is NC(=S)c1ccc(NC(=O)NC2CC2)cc1. The predicted molar refractivity (Wildman–Crippen MR) is 67.5 cm³/mol. The van der Waals surface area contributed by atoms with Crippen molar-refractivity contribution in [2.75, 3.05) is 5.32 Å². The molecule has 0 radical (unpaired) electrons. The van der Waals surface area contributed by atoms with Crippen LogP contribution in [0.5, 0.6) is 0 Å². The van der Waals surface area contributed by atoms with Crippen LogP contribution in [0.2, 0.25) is 0 Å². The average molecular weight is 235 g/mol. The first-order valence-corrected chi connectivity index (χ1v) is 5.53. The lowest BCUT2D eigenvalue weighted by molar-refractivity contribution is 0.251. The van der Waals surface area contributed by atoms with E-state index in [-0.39, 0.29) is 6.03 Å². The molecule has 0 saturated heterocycles. The van der Waals surface area contributed by atoms with E-state index in [0.717, 1.165) is 24.1 Å². The molecule has 5 heteroatoms. The monoisotopic (exact) mass is 235 g/mol. The smallest absolute Gasteiger partial charge is 0.319 e. The van der Waals surface area contributed by atoms with Crippen LogP contribution in [0.15, 0.2) is 24.3 Å². The van der Waals surface area contributed by atoms with Gasteiger partial charge in [-0.3, -0.25) is 0 Å². The summed E-state index contributed by atoms with van der Waals surface area (Å²) in [6, 6.07) is 7.33. The van der Waals surface area contributed by atoms with Gasteiger partial charge in [-0.05, 0) is 37.1 Å². The first kappa shape index (κ1) is 10.9. The maximum Gasteiger partial charge on any atom is 0.319 e. The molecule has 4 N–H and O–H groups in total. The number of carbonyl (C=O) groups excluding carboxylic acids is 1. The van der Waals surface area contributed by atoms with E-state index in [4.69, 9.17) is 18.0 Å². The lowest BCUT2D eigenvalue weighted by atomic mass is 10.2. The largest absolute Gasteiger partial charge is 0.389 e. The third kappa shape index (κ3) is 2.93. The molecule has 1 fully saturated rings. The van der Waals surface area contributed by atoms with Crippen molar-refractivity contribution in [3.05, 3.63) is 29.8 Å². The molecule has 1 aromatic rings. The summed E-state index contributed by atoms with van der Waals surface area (Å²) < 4.78 is 0. The van der Waals surface area contributed by atoms with Gasteiger partial charge in [-0.15, -0.1) is 0 Å². The van der Waals surface area contributed by atoms with Crippen LogP contribution in [0.1, 0.15) is 18.4 Å². The van der Waals surface area contributed by atoms with Crippen molar-refractivity contribution in [1.82, 2.24) is 5.32 Å². The molecule has 84 valence electrons. The predicted octanol–water partition coefficient (Wildman–Crippen LogP) is 1.60. The van der Waals surface area contributed by atoms with Crippen molar-refractivity contribution in [2.45, 2.75) is 18.9 Å². The number of rotatable bonds is 3. The Morgan fingerprint density at radius 2 is 1.94 bits per heavy atom. The molecule has 0 atom stereocenters. The molecule has 1 aliphatic rings. The van der Waals surface area contributed by atoms with E-state index in [9.17, 15) is 4.79 Å². The van der Waals surface area contributed by atoms with Gasteiger partial charge in [0.2, 0.25) is 0 Å². The van der Waals surface area contributed by atoms with Crippen LogP contribution < -0.4 is 16.4 Å². The number of anilines is 1. The summed E-state index contributed by atoms with van der Waals surface area (Å²) in [5.74, 6) is 0. The van der Waals surface area contributed by atoms with Crippen molar-refractivity contribution >= 4 is 28.9 Å². The van der Waals surface area contributed by atoms with Crippen LogP contribution in [0.4, 0.5) is 10.5 Å². The standard InChI is InChI=1S/C11H13N3OS/c12-10(16)7-1-3-8(4-2-7)13-11(15)14-9-5-6-9/h1-4,9H,5-6H2,(H2,12,16)(H2,13,14,15). The Kier molecular flexibility index (Phi) is 3.05. The molecular formula is C11H13N3OS. The molecule has 0 aromatic heterocycles. The number of urea groups is 1. The lowest BCUT2D eigenvalue weighted by Gasteiger charge is -2.06. The van der Waals surface area contributed by atoms with E-state index in [2.05, 4.69) is 10.6 Å². The Bertz CT molecular complexity index is 412. The number of thiocarbonyl (C=S) groups is 1. The van der Waals surface area contributed by atoms with Crippen molar-refractivity contribution in [2.24, 2.45) is 5.73 Å². The van der Waals surface area contributed by atoms with Crippen LogP contribution in [0.3, 0.4) is 0 Å². The van der Waals surface area contributed by atoms with Crippen LogP contribution in [0.25, 0.3) is 0 Å². The fourth-order valence-corrected chi connectivity index (χ4v) is 1.43. The quantitative estimate of drug-likeness (QED) is 0.697. The molecule has 0 aliphatic heterocycles. The Morgan fingerprint density at radius 1 is 1.31 bits per heavy atom. The van der Waals surface area contributed by atoms with E-state index < -0.39 is 0 Å². The van der Waals surface area contributed by atoms with Gasteiger partial charge in [0.1, 0.15) is 4.99 Å². The number of amides is 2. The van der Waals surface area contributed by atoms with Gasteiger partial charge in [-0.1, -0.05) is 12.2 Å². The molecule has 1 aliphatic carbocycles. The van der Waals surface area contributed by atoms with Gasteiger partial charge in [0.15, 0.2) is 0 Å². The summed E-state index contributed by atoms with van der Waals surface area (Å²) >= 11 is 4.84. The maximum absolute atomic E-state index is 11.4. The zero-order valence-corrected chi connectivity index (χ0v) is 9.51. The highest BCUT2D eigenvalue weighted by atomic mass is 32.1. The van der Waals surface area contributed by atoms with Crippen LogP contribution in [-0.4, -0.2) is 17.1 Å². The summed E-state index contributed by atoms with van der Waals surface area (Å²) in [7, 11) is 0. The molecule has 0 spiro atoms. The van der Waals surface area contributed by atoms with Gasteiger partial charge >= 0.3 is 6.03 Å². The Hall–Kier alpha value is -1.62. The topological polar surface area (TPSA) is 67.1 Å². The van der Waals surface area contributed by atoms with Crippen LogP contribution >= 0.6 is 12.2 Å². The van der Waals surface area contributed by atoms with E-state index >= 15 is 0 Å². The van der Waals surface area contributed by atoms with E-state index in [1.807, 2.05) is 0 Å². The van der Waals surface area contributed by atoms with Crippen LogP contribution in [0, 0.1) is 0 Å². The summed E-state index contributed by atoms with van der Waals surface area (Å²) in [5.41, 5.74) is 7.00. The average Bonchev–Trinajstić information content (AvgIpc) is 3.02. The summed E-state index contributed by atoms with van der Waals surface area (Å²) in [6.45, 7) is 0. The molecule has 16 heavy (non-hydrogen) atoms. The number of benzene rings is 1. The third-order valence-electron chi connectivity index (χ3n) is 2.34. The maximum atomic E-state index is 11.4. The van der Waals surface area contributed by atoms with Crippen LogP contribution in [-0.2, 0) is 0 Å². The van der Waals surface area contributed by atoms with Gasteiger partial charge in [0.25, 0.3) is 0 Å². The molecule has 0 bridgehead atoms. The van der Waals surface area contributed by atoms with E-state index in [0.29, 0.717) is 11.0 Å². The minimum absolute atomic E-state index is 0.162. The van der Waals surface area contributed by atoms with E-state index in [1.54, 1.807) is 24.3 Å². The first-order valence-electron chi connectivity index (χ1n) is 5.12. The fraction of sp³-hybridized carbons (Fsp3) is 0.273. The van der Waals surface area contributed by atoms with Crippen molar-refractivity contribution < 1.29 is 4.79 Å². The molecular weight excluding hydrogens is 222 g/mol. The number of hydrogen-bond acceptors (Lipinski definition) is 2. The first-order chi connectivity index (χ1) is 7.65. The van der Waals surface area contributed by atoms with E-state index in [1.165, 1.54) is 0 Å². The molecule has 4 nitrogen and oxygen atoms in total. The summed E-state index contributed by atoms with van der Waals surface area (Å²) in [6.07, 6.45) is 2.15. The van der Waals surface area contributed by atoms with Gasteiger partial charge < -0.3 is 16.4 Å². The highest BCUT2D eigenvalue weighted by molar-refractivity contribution is 7.80. The van der Waals surface area contributed by atoms with Gasteiger partial charge in [0, 0.05) is 17.3 Å². The highest BCUT2D eigenvalue weighted by Gasteiger charge is 2.23. The molecule has 0 unspecified atom stereocenters. The van der Waals surface area contributed by atoms with Crippen molar-refractivity contribution in [1.29, 1.82) is 0 Å². The minimum atomic E-state index is -0.162. The normalized spacial score (nSPS) is 14.2. The number of carbonyl (C=O) groups is 1. The molecule has 1 aromatic carbocycles. The Balaban J connectivity index is 1.93. The Morgan fingerprint density at radius 3 is 2.44 bits per heavy atom. The van der Waals surface area contributed by atoms with Gasteiger partial charge in [-0.25, -0.2) is 4.79 Å².